The average molecular weight is 309 g/mol. The van der Waals surface area contributed by atoms with Crippen LogP contribution in [0.4, 0.5) is 0 Å². The molecule has 3 heteroatoms. The topological polar surface area (TPSA) is 36.9 Å². The van der Waals surface area contributed by atoms with Crippen LogP contribution in [0.1, 0.15) is 47.9 Å². The Labute approximate surface area is 138 Å². The Morgan fingerprint density at radius 3 is 2.48 bits per heavy atom. The van der Waals surface area contributed by atoms with Gasteiger partial charge in [0, 0.05) is 5.56 Å². The van der Waals surface area contributed by atoms with Gasteiger partial charge in [0.1, 0.15) is 0 Å². The lowest BCUT2D eigenvalue weighted by molar-refractivity contribution is -0.713. The Hall–Kier alpha value is -2.13. The lowest BCUT2D eigenvalue weighted by atomic mass is 10.1. The molecule has 0 saturated heterocycles. The monoisotopic (exact) mass is 309 g/mol. The predicted octanol–water partition coefficient (Wildman–Crippen LogP) is 2.95. The highest BCUT2D eigenvalue weighted by atomic mass is 16.2. The second-order valence-corrected chi connectivity index (χ2v) is 6.66. The maximum absolute atomic E-state index is 12.8. The quantitative estimate of drug-likeness (QED) is 0.875. The molecule has 23 heavy (non-hydrogen) atoms. The van der Waals surface area contributed by atoms with Crippen LogP contribution < -0.4 is 5.32 Å². The van der Waals surface area contributed by atoms with Gasteiger partial charge in [0.2, 0.25) is 0 Å². The summed E-state index contributed by atoms with van der Waals surface area (Å²) in [6.07, 6.45) is 1.25. The molecule has 1 heterocycles. The fourth-order valence-corrected chi connectivity index (χ4v) is 3.19. The Kier molecular flexibility index (Phi) is 4.77. The van der Waals surface area contributed by atoms with Crippen LogP contribution in [-0.2, 0) is 6.54 Å². The maximum Gasteiger partial charge on any atom is 0.259 e. The van der Waals surface area contributed by atoms with Gasteiger partial charge in [0.15, 0.2) is 6.17 Å². The van der Waals surface area contributed by atoms with Crippen molar-refractivity contribution in [1.29, 1.82) is 0 Å². The van der Waals surface area contributed by atoms with E-state index in [1.54, 1.807) is 0 Å². The SMILES string of the molecule is CC(C)CC[NH2+][C@@H]1c2ccccc2C(=O)N1Cc1ccccc1. The minimum absolute atomic E-state index is 0.0951. The van der Waals surface area contributed by atoms with Gasteiger partial charge in [0.25, 0.3) is 5.91 Å². The van der Waals surface area contributed by atoms with Gasteiger partial charge in [-0.25, -0.2) is 0 Å². The van der Waals surface area contributed by atoms with E-state index in [0.29, 0.717) is 12.5 Å². The molecule has 0 unspecified atom stereocenters. The highest BCUT2D eigenvalue weighted by Gasteiger charge is 2.38. The molecule has 0 saturated carbocycles. The fourth-order valence-electron chi connectivity index (χ4n) is 3.19. The highest BCUT2D eigenvalue weighted by Crippen LogP contribution is 2.30. The molecule has 2 N–H and O–H groups in total. The van der Waals surface area contributed by atoms with Crippen molar-refractivity contribution in [3.8, 4) is 0 Å². The first-order valence-electron chi connectivity index (χ1n) is 8.44. The van der Waals surface area contributed by atoms with Crippen molar-refractivity contribution in [3.05, 3.63) is 71.3 Å². The zero-order valence-corrected chi connectivity index (χ0v) is 13.9. The van der Waals surface area contributed by atoms with Crippen LogP contribution in [0.3, 0.4) is 0 Å². The lowest BCUT2D eigenvalue weighted by Gasteiger charge is -2.24. The first kappa shape index (κ1) is 15.8. The van der Waals surface area contributed by atoms with Crippen molar-refractivity contribution >= 4 is 5.91 Å². The second kappa shape index (κ2) is 6.97. The van der Waals surface area contributed by atoms with Crippen LogP contribution >= 0.6 is 0 Å². The van der Waals surface area contributed by atoms with Gasteiger partial charge in [-0.3, -0.25) is 9.69 Å². The molecule has 0 fully saturated rings. The summed E-state index contributed by atoms with van der Waals surface area (Å²) in [7, 11) is 0. The largest absolute Gasteiger partial charge is 0.323 e. The standard InChI is InChI=1S/C20H24N2O/c1-15(2)12-13-21-19-17-10-6-7-11-18(17)20(23)22(19)14-16-8-4-3-5-9-16/h3-11,15,19,21H,12-14H2,1-2H3/p+1/t19-/m0/s1. The van der Waals surface area contributed by atoms with Gasteiger partial charge in [-0.05, 0) is 24.0 Å². The molecule has 1 aliphatic heterocycles. The Bertz CT molecular complexity index is 666. The number of carbonyl (C=O) groups excluding carboxylic acids is 1. The molecule has 0 bridgehead atoms. The van der Waals surface area contributed by atoms with E-state index in [-0.39, 0.29) is 12.1 Å². The summed E-state index contributed by atoms with van der Waals surface area (Å²) in [5, 5.41) is 2.31. The van der Waals surface area contributed by atoms with Crippen molar-refractivity contribution in [2.75, 3.05) is 6.54 Å². The van der Waals surface area contributed by atoms with E-state index >= 15 is 0 Å². The number of carbonyl (C=O) groups is 1. The summed E-state index contributed by atoms with van der Waals surface area (Å²) >= 11 is 0. The third-order valence-electron chi connectivity index (χ3n) is 4.44. The van der Waals surface area contributed by atoms with E-state index < -0.39 is 0 Å². The number of fused-ring (bicyclic) bond motifs is 1. The molecule has 0 aliphatic carbocycles. The number of nitrogens with two attached hydrogens (primary N) is 1. The third kappa shape index (κ3) is 3.45. The summed E-state index contributed by atoms with van der Waals surface area (Å²) in [5.74, 6) is 0.830. The molecular weight excluding hydrogens is 284 g/mol. The minimum Gasteiger partial charge on any atom is -0.323 e. The molecule has 2 aromatic rings. The zero-order chi connectivity index (χ0) is 16.2. The second-order valence-electron chi connectivity index (χ2n) is 6.66. The van der Waals surface area contributed by atoms with Gasteiger partial charge < -0.3 is 5.32 Å². The summed E-state index contributed by atoms with van der Waals surface area (Å²) in [4.78, 5) is 14.8. The molecule has 0 radical (unpaired) electrons. The van der Waals surface area contributed by atoms with Gasteiger partial charge in [-0.1, -0.05) is 62.4 Å². The third-order valence-corrected chi connectivity index (χ3v) is 4.44. The summed E-state index contributed by atoms with van der Waals surface area (Å²) < 4.78 is 0. The van der Waals surface area contributed by atoms with Crippen molar-refractivity contribution in [2.24, 2.45) is 5.92 Å². The van der Waals surface area contributed by atoms with Crippen molar-refractivity contribution in [1.82, 2.24) is 4.90 Å². The van der Waals surface area contributed by atoms with Gasteiger partial charge in [-0.15, -0.1) is 0 Å². The normalized spacial score (nSPS) is 16.9. The smallest absolute Gasteiger partial charge is 0.259 e. The molecule has 0 aromatic heterocycles. The van der Waals surface area contributed by atoms with Crippen molar-refractivity contribution < 1.29 is 10.1 Å². The molecule has 120 valence electrons. The number of hydrogen-bond donors (Lipinski definition) is 1. The average Bonchev–Trinajstić information content (AvgIpc) is 2.82. The van der Waals surface area contributed by atoms with E-state index in [9.17, 15) is 4.79 Å². The van der Waals surface area contributed by atoms with Crippen LogP contribution in [0, 0.1) is 5.92 Å². The van der Waals surface area contributed by atoms with E-state index in [4.69, 9.17) is 0 Å². The van der Waals surface area contributed by atoms with Crippen LogP contribution in [-0.4, -0.2) is 17.4 Å². The van der Waals surface area contributed by atoms with E-state index in [1.807, 2.05) is 41.3 Å². The summed E-state index contributed by atoms with van der Waals surface area (Å²) in [6.45, 7) is 6.18. The molecule has 3 nitrogen and oxygen atoms in total. The van der Waals surface area contributed by atoms with Crippen molar-refractivity contribution in [3.63, 3.8) is 0 Å². The molecule has 1 atom stereocenters. The summed E-state index contributed by atoms with van der Waals surface area (Å²) in [6, 6.07) is 18.3. The van der Waals surface area contributed by atoms with Crippen LogP contribution in [0.25, 0.3) is 0 Å². The number of nitrogens with zero attached hydrogens (tertiary/aromatic N) is 1. The van der Waals surface area contributed by atoms with Gasteiger partial charge >= 0.3 is 0 Å². The molecule has 1 aliphatic rings. The van der Waals surface area contributed by atoms with Gasteiger partial charge in [-0.2, -0.15) is 0 Å². The zero-order valence-electron chi connectivity index (χ0n) is 13.9. The Balaban J connectivity index is 1.82. The minimum atomic E-state index is 0.0951. The van der Waals surface area contributed by atoms with E-state index in [2.05, 4.69) is 37.4 Å². The Morgan fingerprint density at radius 2 is 1.74 bits per heavy atom. The number of rotatable bonds is 6. The lowest BCUT2D eigenvalue weighted by Crippen LogP contribution is -2.87. The first-order chi connectivity index (χ1) is 11.2. The van der Waals surface area contributed by atoms with E-state index in [1.165, 1.54) is 5.56 Å². The van der Waals surface area contributed by atoms with Crippen LogP contribution in [0.15, 0.2) is 54.6 Å². The number of amides is 1. The predicted molar refractivity (Wildman–Crippen MR) is 91.7 cm³/mol. The molecular formula is C20H25N2O+. The number of hydrogen-bond acceptors (Lipinski definition) is 1. The first-order valence-corrected chi connectivity index (χ1v) is 8.44. The summed E-state index contributed by atoms with van der Waals surface area (Å²) in [5.41, 5.74) is 3.18. The van der Waals surface area contributed by atoms with Crippen LogP contribution in [0.2, 0.25) is 0 Å². The molecule has 1 amide bonds. The maximum atomic E-state index is 12.8. The molecule has 3 rings (SSSR count). The van der Waals surface area contributed by atoms with Crippen LogP contribution in [0.5, 0.6) is 0 Å². The fraction of sp³-hybridized carbons (Fsp3) is 0.350. The molecule has 2 aromatic carbocycles. The Morgan fingerprint density at radius 1 is 1.04 bits per heavy atom. The molecule has 0 spiro atoms. The van der Waals surface area contributed by atoms with Crippen molar-refractivity contribution in [2.45, 2.75) is 33.0 Å². The van der Waals surface area contributed by atoms with Gasteiger partial charge in [0.05, 0.1) is 18.7 Å². The highest BCUT2D eigenvalue weighted by molar-refractivity contribution is 5.98. The van der Waals surface area contributed by atoms with E-state index in [0.717, 1.165) is 24.1 Å². The number of benzene rings is 2. The number of quaternary nitrogens is 1.